The molecule has 20 heavy (non-hydrogen) atoms. The van der Waals surface area contributed by atoms with Crippen LogP contribution in [0.5, 0.6) is 0 Å². The molecule has 1 unspecified atom stereocenters. The van der Waals surface area contributed by atoms with Gasteiger partial charge in [-0.2, -0.15) is 0 Å². The number of aromatic nitrogens is 3. The third kappa shape index (κ3) is 2.31. The van der Waals surface area contributed by atoms with Crippen LogP contribution < -0.4 is 0 Å². The molecule has 3 nitrogen and oxygen atoms in total. The largest absolute Gasteiger partial charge is 0.320 e. The summed E-state index contributed by atoms with van der Waals surface area (Å²) in [6.45, 7) is 4.22. The first-order valence-electron chi connectivity index (χ1n) is 6.25. The molecular formula is C14H13ClFN3S. The van der Waals surface area contributed by atoms with Gasteiger partial charge in [0.05, 0.1) is 23.0 Å². The van der Waals surface area contributed by atoms with Crippen LogP contribution in [0.2, 0.25) is 0 Å². The molecule has 0 spiro atoms. The van der Waals surface area contributed by atoms with Crippen LogP contribution in [0, 0.1) is 12.7 Å². The minimum atomic E-state index is -0.245. The van der Waals surface area contributed by atoms with E-state index in [1.54, 1.807) is 24.5 Å². The molecular weight excluding hydrogens is 297 g/mol. The summed E-state index contributed by atoms with van der Waals surface area (Å²) in [5.41, 5.74) is 2.13. The van der Waals surface area contributed by atoms with Crippen LogP contribution in [0.1, 0.15) is 28.7 Å². The molecule has 2 heterocycles. The van der Waals surface area contributed by atoms with Crippen LogP contribution in [0.4, 0.5) is 4.39 Å². The molecule has 1 aromatic carbocycles. The fourth-order valence-electron chi connectivity index (χ4n) is 2.20. The number of aryl methyl sites for hydroxylation is 1. The number of fused-ring (bicyclic) bond motifs is 1. The van der Waals surface area contributed by atoms with Gasteiger partial charge in [0.2, 0.25) is 0 Å². The predicted molar refractivity (Wildman–Crippen MR) is 79.9 cm³/mol. The molecule has 0 amide bonds. The van der Waals surface area contributed by atoms with Crippen molar-refractivity contribution in [2.24, 2.45) is 0 Å². The van der Waals surface area contributed by atoms with Gasteiger partial charge in [-0.3, -0.25) is 0 Å². The Bertz CT molecular complexity index is 749. The van der Waals surface area contributed by atoms with Crippen molar-refractivity contribution in [2.45, 2.75) is 25.8 Å². The van der Waals surface area contributed by atoms with Gasteiger partial charge in [-0.25, -0.2) is 14.4 Å². The van der Waals surface area contributed by atoms with E-state index in [0.717, 1.165) is 16.3 Å². The Hall–Kier alpha value is -1.46. The zero-order chi connectivity index (χ0) is 14.3. The molecule has 0 aliphatic carbocycles. The van der Waals surface area contributed by atoms with Gasteiger partial charge in [0.1, 0.15) is 16.6 Å². The van der Waals surface area contributed by atoms with Crippen LogP contribution in [0.25, 0.3) is 11.0 Å². The lowest BCUT2D eigenvalue weighted by Crippen LogP contribution is -2.05. The molecule has 0 N–H and O–H groups in total. The number of halogens is 2. The monoisotopic (exact) mass is 309 g/mol. The second-order valence-electron chi connectivity index (χ2n) is 4.69. The van der Waals surface area contributed by atoms with E-state index in [1.807, 2.05) is 22.9 Å². The van der Waals surface area contributed by atoms with Crippen molar-refractivity contribution in [3.05, 3.63) is 45.9 Å². The van der Waals surface area contributed by atoms with Gasteiger partial charge in [0.25, 0.3) is 0 Å². The van der Waals surface area contributed by atoms with Gasteiger partial charge in [0, 0.05) is 17.6 Å². The van der Waals surface area contributed by atoms with Crippen LogP contribution in [0.15, 0.2) is 23.7 Å². The van der Waals surface area contributed by atoms with Gasteiger partial charge in [-0.05, 0) is 25.5 Å². The molecule has 3 aromatic rings. The maximum absolute atomic E-state index is 13.7. The molecule has 0 radical (unpaired) electrons. The molecule has 0 saturated carbocycles. The van der Waals surface area contributed by atoms with E-state index in [1.165, 1.54) is 6.07 Å². The van der Waals surface area contributed by atoms with Crippen LogP contribution in [-0.4, -0.2) is 14.5 Å². The molecule has 0 aliphatic rings. The van der Waals surface area contributed by atoms with Crippen molar-refractivity contribution < 1.29 is 4.39 Å². The van der Waals surface area contributed by atoms with Crippen LogP contribution in [-0.2, 0) is 6.54 Å². The smallest absolute Gasteiger partial charge is 0.128 e. The zero-order valence-corrected chi connectivity index (χ0v) is 12.7. The highest BCUT2D eigenvalue weighted by Gasteiger charge is 2.17. The standard InChI is InChI=1S/C14H13ClFN3S/c1-8-5-12-11(6-10(8)16)18-14(9(2)15)19(12)7-13-17-3-4-20-13/h3-6,9H,7H2,1-2H3. The Morgan fingerprint density at radius 1 is 1.45 bits per heavy atom. The number of imidazole rings is 1. The average Bonchev–Trinajstić information content (AvgIpc) is 3.00. The summed E-state index contributed by atoms with van der Waals surface area (Å²) in [6, 6.07) is 3.28. The second kappa shape index (κ2) is 5.14. The van der Waals surface area contributed by atoms with E-state index in [-0.39, 0.29) is 11.2 Å². The Balaban J connectivity index is 2.20. The van der Waals surface area contributed by atoms with Crippen molar-refractivity contribution >= 4 is 34.0 Å². The molecule has 104 valence electrons. The summed E-state index contributed by atoms with van der Waals surface area (Å²) in [4.78, 5) is 8.75. The number of thiazole rings is 1. The number of rotatable bonds is 3. The first-order valence-corrected chi connectivity index (χ1v) is 7.56. The Labute approximate surface area is 125 Å². The SMILES string of the molecule is Cc1cc2c(cc1F)nc(C(C)Cl)n2Cc1nccs1. The van der Waals surface area contributed by atoms with Crippen molar-refractivity contribution in [1.82, 2.24) is 14.5 Å². The van der Waals surface area contributed by atoms with E-state index < -0.39 is 0 Å². The Morgan fingerprint density at radius 3 is 2.90 bits per heavy atom. The van der Waals surface area contributed by atoms with E-state index >= 15 is 0 Å². The zero-order valence-electron chi connectivity index (χ0n) is 11.1. The average molecular weight is 310 g/mol. The second-order valence-corrected chi connectivity index (χ2v) is 6.32. The van der Waals surface area contributed by atoms with Gasteiger partial charge >= 0.3 is 0 Å². The fourth-order valence-corrected chi connectivity index (χ4v) is 2.98. The van der Waals surface area contributed by atoms with Crippen molar-refractivity contribution in [3.8, 4) is 0 Å². The molecule has 0 bridgehead atoms. The minimum absolute atomic E-state index is 0.245. The first-order chi connectivity index (χ1) is 9.56. The molecule has 2 aromatic heterocycles. The first kappa shape index (κ1) is 13.5. The van der Waals surface area contributed by atoms with Crippen molar-refractivity contribution in [3.63, 3.8) is 0 Å². The summed E-state index contributed by atoms with van der Waals surface area (Å²) < 4.78 is 15.7. The summed E-state index contributed by atoms with van der Waals surface area (Å²) in [5, 5.41) is 2.67. The number of hydrogen-bond donors (Lipinski definition) is 0. The molecule has 6 heteroatoms. The lowest BCUT2D eigenvalue weighted by Gasteiger charge is -2.09. The number of benzene rings is 1. The third-order valence-electron chi connectivity index (χ3n) is 3.19. The summed E-state index contributed by atoms with van der Waals surface area (Å²) in [5.74, 6) is 0.493. The molecule has 1 atom stereocenters. The Morgan fingerprint density at radius 2 is 2.25 bits per heavy atom. The van der Waals surface area contributed by atoms with E-state index in [4.69, 9.17) is 11.6 Å². The van der Waals surface area contributed by atoms with E-state index in [2.05, 4.69) is 9.97 Å². The topological polar surface area (TPSA) is 30.7 Å². The highest BCUT2D eigenvalue weighted by molar-refractivity contribution is 7.09. The van der Waals surface area contributed by atoms with Gasteiger partial charge in [-0.15, -0.1) is 22.9 Å². The lowest BCUT2D eigenvalue weighted by molar-refractivity contribution is 0.620. The number of hydrogen-bond acceptors (Lipinski definition) is 3. The number of alkyl halides is 1. The molecule has 0 aliphatic heterocycles. The van der Waals surface area contributed by atoms with E-state index in [9.17, 15) is 4.39 Å². The summed E-state index contributed by atoms with van der Waals surface area (Å²) in [7, 11) is 0. The molecule has 0 fully saturated rings. The van der Waals surface area contributed by atoms with Crippen molar-refractivity contribution in [1.29, 1.82) is 0 Å². The third-order valence-corrected chi connectivity index (χ3v) is 4.15. The molecule has 3 rings (SSSR count). The summed E-state index contributed by atoms with van der Waals surface area (Å²) in [6.07, 6.45) is 1.77. The lowest BCUT2D eigenvalue weighted by atomic mass is 10.2. The van der Waals surface area contributed by atoms with Gasteiger partial charge < -0.3 is 4.57 Å². The van der Waals surface area contributed by atoms with Gasteiger partial charge in [-0.1, -0.05) is 0 Å². The quantitative estimate of drug-likeness (QED) is 0.676. The Kier molecular flexibility index (Phi) is 3.48. The maximum Gasteiger partial charge on any atom is 0.128 e. The minimum Gasteiger partial charge on any atom is -0.320 e. The molecule has 0 saturated heterocycles. The predicted octanol–water partition coefficient (Wildman–Crippen LogP) is 4.29. The maximum atomic E-state index is 13.7. The summed E-state index contributed by atoms with van der Waals surface area (Å²) >= 11 is 7.79. The number of nitrogens with zero attached hydrogens (tertiary/aromatic N) is 3. The highest BCUT2D eigenvalue weighted by Crippen LogP contribution is 2.27. The van der Waals surface area contributed by atoms with Crippen LogP contribution >= 0.6 is 22.9 Å². The van der Waals surface area contributed by atoms with Crippen molar-refractivity contribution in [2.75, 3.05) is 0 Å². The highest BCUT2D eigenvalue weighted by atomic mass is 35.5. The normalized spacial score (nSPS) is 13.0. The van der Waals surface area contributed by atoms with E-state index in [0.29, 0.717) is 17.6 Å². The fraction of sp³-hybridized carbons (Fsp3) is 0.286. The van der Waals surface area contributed by atoms with Crippen LogP contribution in [0.3, 0.4) is 0 Å². The van der Waals surface area contributed by atoms with Gasteiger partial charge in [0.15, 0.2) is 0 Å².